The van der Waals surface area contributed by atoms with Gasteiger partial charge in [-0.3, -0.25) is 9.80 Å². The zero-order valence-electron chi connectivity index (χ0n) is 17.2. The maximum absolute atomic E-state index is 12.7. The highest BCUT2D eigenvalue weighted by molar-refractivity contribution is 6.15. The normalized spacial score (nSPS) is 15.3. The molecular formula is C21H31N5O2. The number of allylic oxidation sites excluding steroid dienone is 1. The fourth-order valence-corrected chi connectivity index (χ4v) is 2.92. The Balaban J connectivity index is 0.00000190. The van der Waals surface area contributed by atoms with Crippen LogP contribution in [-0.2, 0) is 4.79 Å². The van der Waals surface area contributed by atoms with Gasteiger partial charge in [0.2, 0.25) is 0 Å². The molecule has 0 saturated heterocycles. The lowest BCUT2D eigenvalue weighted by atomic mass is 10.0. The summed E-state index contributed by atoms with van der Waals surface area (Å²) < 4.78 is 5.67. The van der Waals surface area contributed by atoms with E-state index in [2.05, 4.69) is 37.1 Å². The number of amides is 1. The van der Waals surface area contributed by atoms with Crippen molar-refractivity contribution < 1.29 is 9.53 Å². The number of benzene rings is 1. The summed E-state index contributed by atoms with van der Waals surface area (Å²) in [5, 5.41) is 9.20. The third-order valence-corrected chi connectivity index (χ3v) is 4.44. The third kappa shape index (κ3) is 5.43. The molecule has 1 aromatic rings. The first-order valence-electron chi connectivity index (χ1n) is 9.41. The quantitative estimate of drug-likeness (QED) is 0.380. The largest absolute Gasteiger partial charge is 0.493 e. The van der Waals surface area contributed by atoms with Crippen LogP contribution in [0.25, 0.3) is 0 Å². The fraction of sp³-hybridized carbons (Fsp3) is 0.429. The van der Waals surface area contributed by atoms with Gasteiger partial charge in [0.1, 0.15) is 11.4 Å². The first-order chi connectivity index (χ1) is 13.4. The summed E-state index contributed by atoms with van der Waals surface area (Å²) in [5.41, 5.74) is 13.9. The van der Waals surface area contributed by atoms with Gasteiger partial charge >= 0.3 is 0 Å². The topological polar surface area (TPSA) is 106 Å². The number of nitrogens with two attached hydrogens (primary N) is 2. The molecule has 5 N–H and O–H groups in total. The Kier molecular flexibility index (Phi) is 8.89. The zero-order valence-corrected chi connectivity index (χ0v) is 17.2. The van der Waals surface area contributed by atoms with Crippen molar-refractivity contribution in [2.75, 3.05) is 18.9 Å². The standard InChI is InChI=1S/C19H29N5O2.C2H2/c1-5-13(6-2)11-24-17(12(4)20)19(25)22-18(23-24)15-10-14(21)8-9-16(15)26-7-3;1-2/h8-10,13H,5-7,11,20-21H2,1-4H3,(H,22,23,25);1-2H/b17-12-;. The number of hydrazone groups is 1. The minimum atomic E-state index is -0.272. The lowest BCUT2D eigenvalue weighted by Gasteiger charge is -2.31. The van der Waals surface area contributed by atoms with Gasteiger partial charge in [-0.2, -0.15) is 5.10 Å². The number of nitrogen functional groups attached to an aromatic ring is 1. The molecule has 0 aliphatic carbocycles. The lowest BCUT2D eigenvalue weighted by Crippen LogP contribution is -2.46. The molecular weight excluding hydrogens is 354 g/mol. The molecule has 0 saturated carbocycles. The molecule has 7 heteroatoms. The van der Waals surface area contributed by atoms with Crippen LogP contribution in [0.3, 0.4) is 0 Å². The molecule has 1 aromatic carbocycles. The first-order valence-corrected chi connectivity index (χ1v) is 9.41. The number of carbonyl (C=O) groups is 1. The van der Waals surface area contributed by atoms with Crippen LogP contribution in [0.5, 0.6) is 5.75 Å². The second-order valence-electron chi connectivity index (χ2n) is 6.39. The van der Waals surface area contributed by atoms with E-state index in [1.807, 2.05) is 6.92 Å². The maximum atomic E-state index is 12.7. The third-order valence-electron chi connectivity index (χ3n) is 4.44. The van der Waals surface area contributed by atoms with Crippen LogP contribution in [0.2, 0.25) is 0 Å². The van der Waals surface area contributed by atoms with Crippen LogP contribution in [-0.4, -0.2) is 29.9 Å². The van der Waals surface area contributed by atoms with Gasteiger partial charge in [0.05, 0.1) is 12.2 Å². The SMILES string of the molecule is C#C.CCOc1ccc(N)cc1C1=NN(CC(CC)CC)/C(=C(/C)N)C(=O)N1. The number of terminal acetylenes is 1. The van der Waals surface area contributed by atoms with Crippen LogP contribution < -0.4 is 21.5 Å². The first kappa shape index (κ1) is 22.9. The van der Waals surface area contributed by atoms with Gasteiger partial charge in [-0.05, 0) is 38.0 Å². The molecule has 0 radical (unpaired) electrons. The molecule has 2 rings (SSSR count). The summed E-state index contributed by atoms with van der Waals surface area (Å²) in [5.74, 6) is 1.18. The number of amidine groups is 1. The highest BCUT2D eigenvalue weighted by atomic mass is 16.5. The smallest absolute Gasteiger partial charge is 0.276 e. The highest BCUT2D eigenvalue weighted by Gasteiger charge is 2.29. The van der Waals surface area contributed by atoms with Crippen molar-refractivity contribution in [2.45, 2.75) is 40.5 Å². The van der Waals surface area contributed by atoms with Crippen molar-refractivity contribution in [1.82, 2.24) is 10.3 Å². The van der Waals surface area contributed by atoms with Crippen LogP contribution in [0.1, 0.15) is 46.1 Å². The molecule has 152 valence electrons. The van der Waals surface area contributed by atoms with E-state index in [0.29, 0.717) is 53.3 Å². The Hall–Kier alpha value is -3.14. The molecule has 1 amide bonds. The lowest BCUT2D eigenvalue weighted by molar-refractivity contribution is -0.118. The fourth-order valence-electron chi connectivity index (χ4n) is 2.92. The van der Waals surface area contributed by atoms with Gasteiger partial charge in [0.15, 0.2) is 5.84 Å². The zero-order chi connectivity index (χ0) is 21.3. The van der Waals surface area contributed by atoms with Gasteiger partial charge in [-0.1, -0.05) is 26.7 Å². The second kappa shape index (κ2) is 10.9. The Morgan fingerprint density at radius 1 is 1.29 bits per heavy atom. The number of nitrogens with one attached hydrogen (secondary N) is 1. The molecule has 0 spiro atoms. The molecule has 1 heterocycles. The van der Waals surface area contributed by atoms with E-state index in [1.54, 1.807) is 30.1 Å². The van der Waals surface area contributed by atoms with E-state index >= 15 is 0 Å². The second-order valence-corrected chi connectivity index (χ2v) is 6.39. The number of hydrogen-bond donors (Lipinski definition) is 3. The highest BCUT2D eigenvalue weighted by Crippen LogP contribution is 2.25. The molecule has 0 unspecified atom stereocenters. The Morgan fingerprint density at radius 2 is 1.93 bits per heavy atom. The molecule has 0 bridgehead atoms. The number of ether oxygens (including phenoxy) is 1. The van der Waals surface area contributed by atoms with Gasteiger partial charge in [0, 0.05) is 17.9 Å². The average molecular weight is 386 g/mol. The van der Waals surface area contributed by atoms with Gasteiger partial charge in [-0.25, -0.2) is 0 Å². The summed E-state index contributed by atoms with van der Waals surface area (Å²) in [6, 6.07) is 5.30. The van der Waals surface area contributed by atoms with E-state index in [4.69, 9.17) is 16.2 Å². The summed E-state index contributed by atoms with van der Waals surface area (Å²) in [7, 11) is 0. The molecule has 0 fully saturated rings. The molecule has 28 heavy (non-hydrogen) atoms. The predicted octanol–water partition coefficient (Wildman–Crippen LogP) is 2.64. The Labute approximate surface area is 167 Å². The number of hydrogen-bond acceptors (Lipinski definition) is 6. The monoisotopic (exact) mass is 385 g/mol. The minimum Gasteiger partial charge on any atom is -0.493 e. The Morgan fingerprint density at radius 3 is 2.46 bits per heavy atom. The molecule has 0 atom stereocenters. The van der Waals surface area contributed by atoms with E-state index in [0.717, 1.165) is 12.8 Å². The maximum Gasteiger partial charge on any atom is 0.276 e. The van der Waals surface area contributed by atoms with Crippen molar-refractivity contribution >= 4 is 17.4 Å². The van der Waals surface area contributed by atoms with E-state index in [1.165, 1.54) is 0 Å². The van der Waals surface area contributed by atoms with Crippen LogP contribution in [0.15, 0.2) is 34.7 Å². The predicted molar refractivity (Wildman–Crippen MR) is 114 cm³/mol. The van der Waals surface area contributed by atoms with Crippen molar-refractivity contribution in [2.24, 2.45) is 16.8 Å². The van der Waals surface area contributed by atoms with Gasteiger partial charge < -0.3 is 21.5 Å². The summed E-state index contributed by atoms with van der Waals surface area (Å²) >= 11 is 0. The van der Waals surface area contributed by atoms with Gasteiger partial charge in [-0.15, -0.1) is 12.8 Å². The number of carbonyl (C=O) groups excluding carboxylic acids is 1. The van der Waals surface area contributed by atoms with Crippen LogP contribution in [0.4, 0.5) is 5.69 Å². The van der Waals surface area contributed by atoms with E-state index < -0.39 is 0 Å². The average Bonchev–Trinajstić information content (AvgIpc) is 2.68. The van der Waals surface area contributed by atoms with Crippen LogP contribution in [0, 0.1) is 18.8 Å². The molecule has 1 aliphatic heterocycles. The summed E-state index contributed by atoms with van der Waals surface area (Å²) in [6.07, 6.45) is 10.00. The van der Waals surface area contributed by atoms with Crippen molar-refractivity contribution in [3.63, 3.8) is 0 Å². The van der Waals surface area contributed by atoms with E-state index in [9.17, 15) is 4.79 Å². The summed E-state index contributed by atoms with van der Waals surface area (Å²) in [4.78, 5) is 12.7. The number of anilines is 1. The van der Waals surface area contributed by atoms with Gasteiger partial charge in [0.25, 0.3) is 5.91 Å². The van der Waals surface area contributed by atoms with Crippen molar-refractivity contribution in [3.8, 4) is 18.6 Å². The van der Waals surface area contributed by atoms with E-state index in [-0.39, 0.29) is 5.91 Å². The van der Waals surface area contributed by atoms with Crippen molar-refractivity contribution in [1.29, 1.82) is 0 Å². The molecule has 0 aromatic heterocycles. The molecule has 7 nitrogen and oxygen atoms in total. The summed E-state index contributed by atoms with van der Waals surface area (Å²) in [6.45, 7) is 9.00. The number of nitrogens with zero attached hydrogens (tertiary/aromatic N) is 2. The Bertz CT molecular complexity index is 759. The number of rotatable bonds is 7. The molecule has 1 aliphatic rings. The minimum absolute atomic E-state index is 0.272. The van der Waals surface area contributed by atoms with Crippen LogP contribution >= 0.6 is 0 Å². The van der Waals surface area contributed by atoms with Crippen molar-refractivity contribution in [3.05, 3.63) is 35.2 Å².